The average molecular weight is 483 g/mol. The molecule has 1 aromatic carbocycles. The van der Waals surface area contributed by atoms with Gasteiger partial charge in [0.1, 0.15) is 24.2 Å². The van der Waals surface area contributed by atoms with Gasteiger partial charge in [-0.2, -0.15) is 0 Å². The summed E-state index contributed by atoms with van der Waals surface area (Å²) in [6, 6.07) is 7.62. The largest absolute Gasteiger partial charge is 0.496 e. The van der Waals surface area contributed by atoms with Crippen molar-refractivity contribution in [3.63, 3.8) is 0 Å². The molecule has 0 heterocycles. The number of benzene rings is 1. The minimum atomic E-state index is -0.626. The van der Waals surface area contributed by atoms with E-state index in [2.05, 4.69) is 23.3 Å². The molecule has 1 saturated carbocycles. The molecule has 6 nitrogen and oxygen atoms in total. The van der Waals surface area contributed by atoms with Gasteiger partial charge in [-0.3, -0.25) is 4.79 Å². The van der Waals surface area contributed by atoms with Crippen molar-refractivity contribution in [2.24, 2.45) is 11.8 Å². The Morgan fingerprint density at radius 2 is 2.03 bits per heavy atom. The molecule has 2 aliphatic carbocycles. The van der Waals surface area contributed by atoms with Crippen molar-refractivity contribution < 1.29 is 19.4 Å². The Balaban J connectivity index is 1.33. The van der Waals surface area contributed by atoms with Gasteiger partial charge in [0, 0.05) is 18.7 Å². The third kappa shape index (κ3) is 8.86. The normalized spacial score (nSPS) is 20.5. The highest BCUT2D eigenvalue weighted by atomic mass is 16.5. The minimum absolute atomic E-state index is 0.155. The number of methoxy groups -OCH3 is 1. The van der Waals surface area contributed by atoms with Crippen LogP contribution in [-0.4, -0.2) is 43.9 Å². The van der Waals surface area contributed by atoms with E-state index >= 15 is 0 Å². The van der Waals surface area contributed by atoms with Crippen LogP contribution in [0.25, 0.3) is 0 Å². The molecule has 1 amide bonds. The van der Waals surface area contributed by atoms with Crippen molar-refractivity contribution >= 4 is 5.91 Å². The quantitative estimate of drug-likeness (QED) is 0.250. The first-order valence-electron chi connectivity index (χ1n) is 13.0. The van der Waals surface area contributed by atoms with Crippen LogP contribution in [0.5, 0.6) is 5.75 Å². The number of carbonyl (C=O) groups is 1. The van der Waals surface area contributed by atoms with E-state index in [9.17, 15) is 9.90 Å². The molecule has 0 bridgehead atoms. The first-order valence-corrected chi connectivity index (χ1v) is 13.0. The smallest absolute Gasteiger partial charge is 0.254 e. The fraction of sp³-hybridized carbons (Fsp3) is 0.552. The lowest BCUT2D eigenvalue weighted by Gasteiger charge is -2.20. The van der Waals surface area contributed by atoms with E-state index in [0.717, 1.165) is 55.4 Å². The van der Waals surface area contributed by atoms with Crippen LogP contribution in [0.1, 0.15) is 56.9 Å². The maximum absolute atomic E-state index is 12.8. The van der Waals surface area contributed by atoms with Crippen molar-refractivity contribution in [1.29, 1.82) is 0 Å². The molecule has 0 aliphatic heterocycles. The molecule has 192 valence electrons. The van der Waals surface area contributed by atoms with Gasteiger partial charge in [0.15, 0.2) is 0 Å². The number of ether oxygens (including phenoxy) is 2. The van der Waals surface area contributed by atoms with Gasteiger partial charge in [0.05, 0.1) is 12.7 Å². The molecule has 1 aromatic rings. The number of nitrogens with one attached hydrogen (secondary N) is 2. The van der Waals surface area contributed by atoms with Crippen molar-refractivity contribution in [1.82, 2.24) is 10.6 Å². The monoisotopic (exact) mass is 482 g/mol. The standard InChI is InChI=1S/C29H42N2O4/c1-3-9-22-15-16-23(18-22)10-8-17-30-20-25(32)21-35-28-14-7-5-12-26(28)29(33)31-19-24-11-4-6-13-27(24)34-2/h3-4,6,11-14,22-23,25,30,32H,1,5,7-10,15-21H2,2H3,(H,31,33). The van der Waals surface area contributed by atoms with Gasteiger partial charge in [0.2, 0.25) is 0 Å². The highest BCUT2D eigenvalue weighted by Gasteiger charge is 2.23. The van der Waals surface area contributed by atoms with Crippen LogP contribution in [0.15, 0.2) is 60.4 Å². The number of hydrogen-bond acceptors (Lipinski definition) is 5. The Labute approximate surface area is 210 Å². The summed E-state index contributed by atoms with van der Waals surface area (Å²) in [5.74, 6) is 2.78. The molecule has 0 saturated heterocycles. The maximum atomic E-state index is 12.8. The topological polar surface area (TPSA) is 79.8 Å². The zero-order chi connectivity index (χ0) is 24.9. The Kier molecular flexibility index (Phi) is 11.4. The molecule has 3 atom stereocenters. The van der Waals surface area contributed by atoms with Crippen LogP contribution in [0.4, 0.5) is 0 Å². The summed E-state index contributed by atoms with van der Waals surface area (Å²) in [4.78, 5) is 12.8. The molecule has 3 unspecified atom stereocenters. The fourth-order valence-corrected chi connectivity index (χ4v) is 5.03. The summed E-state index contributed by atoms with van der Waals surface area (Å²) >= 11 is 0. The Morgan fingerprint density at radius 3 is 2.86 bits per heavy atom. The molecule has 3 rings (SSSR count). The van der Waals surface area contributed by atoms with Gasteiger partial charge in [-0.15, -0.1) is 6.58 Å². The van der Waals surface area contributed by atoms with E-state index in [0.29, 0.717) is 24.4 Å². The number of amides is 1. The van der Waals surface area contributed by atoms with Gasteiger partial charge in [-0.05, 0) is 75.5 Å². The van der Waals surface area contributed by atoms with E-state index in [4.69, 9.17) is 9.47 Å². The molecule has 2 aliphatic rings. The van der Waals surface area contributed by atoms with Crippen LogP contribution >= 0.6 is 0 Å². The van der Waals surface area contributed by atoms with Crippen molar-refractivity contribution in [3.8, 4) is 5.75 Å². The molecular weight excluding hydrogens is 440 g/mol. The summed E-state index contributed by atoms with van der Waals surface area (Å²) in [5.41, 5.74) is 1.44. The molecule has 3 N–H and O–H groups in total. The summed E-state index contributed by atoms with van der Waals surface area (Å²) in [7, 11) is 1.62. The number of allylic oxidation sites excluding steroid dienone is 3. The lowest BCUT2D eigenvalue weighted by atomic mass is 9.98. The molecule has 1 fully saturated rings. The van der Waals surface area contributed by atoms with Crippen LogP contribution in [-0.2, 0) is 16.1 Å². The summed E-state index contributed by atoms with van der Waals surface area (Å²) in [5, 5.41) is 16.7. The number of aliphatic hydroxyl groups excluding tert-OH is 1. The lowest BCUT2D eigenvalue weighted by Crippen LogP contribution is -2.32. The molecule has 0 aromatic heterocycles. The zero-order valence-corrected chi connectivity index (χ0v) is 21.1. The molecule has 0 radical (unpaired) electrons. The van der Waals surface area contributed by atoms with Crippen LogP contribution in [0, 0.1) is 11.8 Å². The first-order chi connectivity index (χ1) is 17.1. The number of para-hydroxylation sites is 1. The second-order valence-electron chi connectivity index (χ2n) is 9.64. The van der Waals surface area contributed by atoms with Crippen molar-refractivity contribution in [2.45, 2.75) is 64.0 Å². The fourth-order valence-electron chi connectivity index (χ4n) is 5.03. The Morgan fingerprint density at radius 1 is 1.23 bits per heavy atom. The third-order valence-electron chi connectivity index (χ3n) is 6.91. The van der Waals surface area contributed by atoms with E-state index < -0.39 is 6.10 Å². The molecular formula is C29H42N2O4. The van der Waals surface area contributed by atoms with Gasteiger partial charge in [-0.1, -0.05) is 36.8 Å². The van der Waals surface area contributed by atoms with Gasteiger partial charge in [-0.25, -0.2) is 0 Å². The first kappa shape index (κ1) is 27.0. The summed E-state index contributed by atoms with van der Waals surface area (Å²) in [6.45, 7) is 5.77. The SMILES string of the molecule is C=CCC1CCC(CCCNCC(O)COC2=CCCC=C2C(=O)NCc2ccccc2OC)C1. The van der Waals surface area contributed by atoms with E-state index in [-0.39, 0.29) is 12.5 Å². The summed E-state index contributed by atoms with van der Waals surface area (Å²) in [6.07, 6.45) is 14.4. The van der Waals surface area contributed by atoms with Gasteiger partial charge in [0.25, 0.3) is 5.91 Å². The van der Waals surface area contributed by atoms with E-state index in [1.165, 1.54) is 25.7 Å². The van der Waals surface area contributed by atoms with Crippen LogP contribution in [0.3, 0.4) is 0 Å². The Hall–Kier alpha value is -2.57. The highest BCUT2D eigenvalue weighted by Crippen LogP contribution is 2.35. The van der Waals surface area contributed by atoms with Crippen LogP contribution < -0.4 is 15.4 Å². The van der Waals surface area contributed by atoms with E-state index in [1.54, 1.807) is 7.11 Å². The third-order valence-corrected chi connectivity index (χ3v) is 6.91. The van der Waals surface area contributed by atoms with Gasteiger partial charge < -0.3 is 25.2 Å². The second kappa shape index (κ2) is 14.7. The predicted molar refractivity (Wildman–Crippen MR) is 140 cm³/mol. The number of hydrogen-bond donors (Lipinski definition) is 3. The number of carbonyl (C=O) groups excluding carboxylic acids is 1. The van der Waals surface area contributed by atoms with Crippen molar-refractivity contribution in [3.05, 3.63) is 66.0 Å². The van der Waals surface area contributed by atoms with Crippen molar-refractivity contribution in [2.75, 3.05) is 26.8 Å². The molecule has 0 spiro atoms. The summed E-state index contributed by atoms with van der Waals surface area (Å²) < 4.78 is 11.2. The molecule has 35 heavy (non-hydrogen) atoms. The maximum Gasteiger partial charge on any atom is 0.254 e. The van der Waals surface area contributed by atoms with Crippen LogP contribution in [0.2, 0.25) is 0 Å². The highest BCUT2D eigenvalue weighted by molar-refractivity contribution is 5.97. The average Bonchev–Trinajstić information content (AvgIpc) is 3.33. The number of aliphatic hydroxyl groups is 1. The lowest BCUT2D eigenvalue weighted by molar-refractivity contribution is -0.117. The zero-order valence-electron chi connectivity index (χ0n) is 21.1. The van der Waals surface area contributed by atoms with Gasteiger partial charge >= 0.3 is 0 Å². The Bertz CT molecular complexity index is 879. The second-order valence-corrected chi connectivity index (χ2v) is 9.64. The number of rotatable bonds is 15. The van der Waals surface area contributed by atoms with E-state index in [1.807, 2.05) is 36.4 Å². The minimum Gasteiger partial charge on any atom is -0.496 e. The molecule has 6 heteroatoms. The predicted octanol–water partition coefficient (Wildman–Crippen LogP) is 4.66.